The molecule has 2 N–H and O–H groups in total. The van der Waals surface area contributed by atoms with Gasteiger partial charge in [0.05, 0.1) is 7.11 Å². The number of ketones is 1. The molecule has 3 nitrogen and oxygen atoms in total. The Labute approximate surface area is 117 Å². The summed E-state index contributed by atoms with van der Waals surface area (Å²) in [5.74, 6) is 0.604. The van der Waals surface area contributed by atoms with Crippen LogP contribution in [-0.4, -0.2) is 12.9 Å². The van der Waals surface area contributed by atoms with Crippen molar-refractivity contribution in [3.63, 3.8) is 0 Å². The number of carbonyl (C=O) groups excluding carboxylic acids is 1. The zero-order chi connectivity index (χ0) is 14.0. The summed E-state index contributed by atoms with van der Waals surface area (Å²) in [6.07, 6.45) is 0. The van der Waals surface area contributed by atoms with Crippen LogP contribution in [-0.2, 0) is 0 Å². The molecule has 0 aliphatic carbocycles. The molecule has 0 atom stereocenters. The number of anilines is 1. The van der Waals surface area contributed by atoms with E-state index < -0.39 is 0 Å². The standard InChI is InChI=1S/C15H14ClNO2/c1-9-7-11(19-2)4-6-12(9)15(18)13-5-3-10(16)8-14(13)17/h3-8H,17H2,1-2H3. The third kappa shape index (κ3) is 2.71. The van der Waals surface area contributed by atoms with Crippen LogP contribution in [0.4, 0.5) is 5.69 Å². The maximum absolute atomic E-state index is 12.4. The highest BCUT2D eigenvalue weighted by Gasteiger charge is 2.15. The molecule has 2 aromatic carbocycles. The lowest BCUT2D eigenvalue weighted by atomic mass is 9.98. The molecule has 0 radical (unpaired) electrons. The topological polar surface area (TPSA) is 52.3 Å². The van der Waals surface area contributed by atoms with Crippen LogP contribution in [0.2, 0.25) is 5.02 Å². The summed E-state index contributed by atoms with van der Waals surface area (Å²) in [7, 11) is 1.59. The average molecular weight is 276 g/mol. The van der Waals surface area contributed by atoms with Gasteiger partial charge in [-0.05, 0) is 48.9 Å². The first-order valence-corrected chi connectivity index (χ1v) is 6.15. The maximum Gasteiger partial charge on any atom is 0.195 e. The predicted octanol–water partition coefficient (Wildman–Crippen LogP) is 3.47. The van der Waals surface area contributed by atoms with Crippen molar-refractivity contribution in [3.05, 3.63) is 58.1 Å². The summed E-state index contributed by atoms with van der Waals surface area (Å²) in [5, 5.41) is 0.514. The molecule has 2 aromatic rings. The maximum atomic E-state index is 12.4. The summed E-state index contributed by atoms with van der Waals surface area (Å²) in [4.78, 5) is 12.4. The van der Waals surface area contributed by atoms with Crippen molar-refractivity contribution >= 4 is 23.1 Å². The summed E-state index contributed by atoms with van der Waals surface area (Å²) in [6.45, 7) is 1.86. The largest absolute Gasteiger partial charge is 0.497 e. The number of nitrogen functional groups attached to an aromatic ring is 1. The highest BCUT2D eigenvalue weighted by molar-refractivity contribution is 6.31. The summed E-state index contributed by atoms with van der Waals surface area (Å²) in [6, 6.07) is 10.2. The molecule has 0 unspecified atom stereocenters. The van der Waals surface area contributed by atoms with Gasteiger partial charge in [-0.15, -0.1) is 0 Å². The van der Waals surface area contributed by atoms with Gasteiger partial charge in [0.15, 0.2) is 5.78 Å². The van der Waals surface area contributed by atoms with E-state index in [2.05, 4.69) is 0 Å². The Morgan fingerprint density at radius 2 is 1.84 bits per heavy atom. The van der Waals surface area contributed by atoms with Crippen LogP contribution in [0.3, 0.4) is 0 Å². The smallest absolute Gasteiger partial charge is 0.195 e. The van der Waals surface area contributed by atoms with Crippen molar-refractivity contribution < 1.29 is 9.53 Å². The molecule has 0 aromatic heterocycles. The van der Waals surface area contributed by atoms with E-state index in [1.165, 1.54) is 0 Å². The van der Waals surface area contributed by atoms with Crippen LogP contribution in [0, 0.1) is 6.92 Å². The number of halogens is 1. The van der Waals surface area contributed by atoms with Crippen LogP contribution in [0.1, 0.15) is 21.5 Å². The second-order valence-corrected chi connectivity index (χ2v) is 4.68. The van der Waals surface area contributed by atoms with E-state index in [1.807, 2.05) is 13.0 Å². The molecule has 0 amide bonds. The number of methoxy groups -OCH3 is 1. The van der Waals surface area contributed by atoms with Crippen LogP contribution in [0.25, 0.3) is 0 Å². The lowest BCUT2D eigenvalue weighted by Crippen LogP contribution is -2.07. The van der Waals surface area contributed by atoms with Gasteiger partial charge in [-0.2, -0.15) is 0 Å². The van der Waals surface area contributed by atoms with E-state index in [0.29, 0.717) is 21.8 Å². The van der Waals surface area contributed by atoms with Gasteiger partial charge in [-0.3, -0.25) is 4.79 Å². The van der Waals surface area contributed by atoms with Crippen LogP contribution in [0.5, 0.6) is 5.75 Å². The highest BCUT2D eigenvalue weighted by Crippen LogP contribution is 2.24. The van der Waals surface area contributed by atoms with E-state index in [9.17, 15) is 4.79 Å². The number of carbonyl (C=O) groups is 1. The van der Waals surface area contributed by atoms with Crippen LogP contribution in [0.15, 0.2) is 36.4 Å². The number of aryl methyl sites for hydroxylation is 1. The van der Waals surface area contributed by atoms with Crippen molar-refractivity contribution in [2.75, 3.05) is 12.8 Å². The van der Waals surface area contributed by atoms with Crippen molar-refractivity contribution in [2.45, 2.75) is 6.92 Å². The van der Waals surface area contributed by atoms with E-state index in [4.69, 9.17) is 22.1 Å². The van der Waals surface area contributed by atoms with E-state index in [0.717, 1.165) is 11.3 Å². The number of benzene rings is 2. The monoisotopic (exact) mass is 275 g/mol. The Bertz CT molecular complexity index is 638. The zero-order valence-electron chi connectivity index (χ0n) is 10.7. The minimum absolute atomic E-state index is 0.116. The second kappa shape index (κ2) is 5.33. The van der Waals surface area contributed by atoms with Crippen molar-refractivity contribution in [3.8, 4) is 5.75 Å². The lowest BCUT2D eigenvalue weighted by Gasteiger charge is -2.09. The Hall–Kier alpha value is -2.00. The SMILES string of the molecule is COc1ccc(C(=O)c2ccc(Cl)cc2N)c(C)c1. The first kappa shape index (κ1) is 13.4. The third-order valence-electron chi connectivity index (χ3n) is 2.94. The Morgan fingerprint density at radius 3 is 2.42 bits per heavy atom. The average Bonchev–Trinajstić information content (AvgIpc) is 2.37. The molecule has 0 saturated carbocycles. The van der Waals surface area contributed by atoms with Gasteiger partial charge < -0.3 is 10.5 Å². The molecule has 0 aliphatic heterocycles. The minimum atomic E-state index is -0.116. The highest BCUT2D eigenvalue weighted by atomic mass is 35.5. The molecule has 0 spiro atoms. The Balaban J connectivity index is 2.44. The molecule has 4 heteroatoms. The van der Waals surface area contributed by atoms with Gasteiger partial charge in [0.1, 0.15) is 5.75 Å². The molecule has 0 saturated heterocycles. The molecular weight excluding hydrogens is 262 g/mol. The summed E-state index contributed by atoms with van der Waals surface area (Å²) in [5.41, 5.74) is 8.13. The summed E-state index contributed by atoms with van der Waals surface area (Å²) >= 11 is 5.83. The van der Waals surface area contributed by atoms with Gasteiger partial charge >= 0.3 is 0 Å². The molecular formula is C15H14ClNO2. The van der Waals surface area contributed by atoms with Crippen molar-refractivity contribution in [1.29, 1.82) is 0 Å². The zero-order valence-corrected chi connectivity index (χ0v) is 11.5. The van der Waals surface area contributed by atoms with E-state index in [1.54, 1.807) is 37.4 Å². The van der Waals surface area contributed by atoms with Crippen molar-refractivity contribution in [2.24, 2.45) is 0 Å². The van der Waals surface area contributed by atoms with E-state index in [-0.39, 0.29) is 5.78 Å². The first-order chi connectivity index (χ1) is 9.02. The molecule has 0 fully saturated rings. The Kier molecular flexibility index (Phi) is 3.76. The van der Waals surface area contributed by atoms with Gasteiger partial charge in [-0.1, -0.05) is 11.6 Å². The van der Waals surface area contributed by atoms with Crippen LogP contribution >= 0.6 is 11.6 Å². The summed E-state index contributed by atoms with van der Waals surface area (Å²) < 4.78 is 5.12. The fraction of sp³-hybridized carbons (Fsp3) is 0.133. The number of nitrogens with two attached hydrogens (primary N) is 1. The van der Waals surface area contributed by atoms with Crippen molar-refractivity contribution in [1.82, 2.24) is 0 Å². The molecule has 0 heterocycles. The fourth-order valence-corrected chi connectivity index (χ4v) is 2.08. The Morgan fingerprint density at radius 1 is 1.16 bits per heavy atom. The first-order valence-electron chi connectivity index (χ1n) is 5.77. The number of hydrogen-bond acceptors (Lipinski definition) is 3. The van der Waals surface area contributed by atoms with Gasteiger partial charge in [-0.25, -0.2) is 0 Å². The normalized spacial score (nSPS) is 10.3. The number of rotatable bonds is 3. The molecule has 0 aliphatic rings. The van der Waals surface area contributed by atoms with Crippen LogP contribution < -0.4 is 10.5 Å². The second-order valence-electron chi connectivity index (χ2n) is 4.24. The molecule has 98 valence electrons. The number of hydrogen-bond donors (Lipinski definition) is 1. The quantitative estimate of drug-likeness (QED) is 0.689. The van der Waals surface area contributed by atoms with Gasteiger partial charge in [0.25, 0.3) is 0 Å². The molecule has 2 rings (SSSR count). The van der Waals surface area contributed by atoms with E-state index >= 15 is 0 Å². The fourth-order valence-electron chi connectivity index (χ4n) is 1.90. The predicted molar refractivity (Wildman–Crippen MR) is 77.0 cm³/mol. The number of ether oxygens (including phenoxy) is 1. The molecule has 19 heavy (non-hydrogen) atoms. The third-order valence-corrected chi connectivity index (χ3v) is 3.17. The lowest BCUT2D eigenvalue weighted by molar-refractivity contribution is 0.103. The van der Waals surface area contributed by atoms with Gasteiger partial charge in [0.2, 0.25) is 0 Å². The molecule has 0 bridgehead atoms. The minimum Gasteiger partial charge on any atom is -0.497 e. The van der Waals surface area contributed by atoms with Gasteiger partial charge in [0, 0.05) is 21.8 Å².